The van der Waals surface area contributed by atoms with Crippen LogP contribution in [0.1, 0.15) is 18.7 Å². The standard InChI is InChI=1S/C17H19N7O2/c1-13-18-9-12-23(13)17(15(25)26)7-10-22(11-8-17)16-19-20-21-24(16)14-5-3-2-4-6-14/h2-6,9,12H,7-8,10-11H2,1H3,(H,25,26). The molecule has 9 nitrogen and oxygen atoms in total. The summed E-state index contributed by atoms with van der Waals surface area (Å²) in [6, 6.07) is 9.64. The summed E-state index contributed by atoms with van der Waals surface area (Å²) in [5.41, 5.74) is -0.115. The van der Waals surface area contributed by atoms with Crippen molar-refractivity contribution in [3.63, 3.8) is 0 Å². The number of aryl methyl sites for hydroxylation is 1. The Balaban J connectivity index is 1.61. The van der Waals surface area contributed by atoms with Crippen LogP contribution in [0.2, 0.25) is 0 Å². The first kappa shape index (κ1) is 16.2. The Morgan fingerprint density at radius 2 is 1.92 bits per heavy atom. The lowest BCUT2D eigenvalue weighted by atomic mass is 9.87. The molecule has 0 unspecified atom stereocenters. The lowest BCUT2D eigenvalue weighted by Gasteiger charge is -2.40. The van der Waals surface area contributed by atoms with Crippen LogP contribution in [0.15, 0.2) is 42.7 Å². The van der Waals surface area contributed by atoms with Crippen molar-refractivity contribution in [1.29, 1.82) is 0 Å². The predicted molar refractivity (Wildman–Crippen MR) is 93.2 cm³/mol. The number of carboxylic acid groups (broad SMARTS) is 1. The predicted octanol–water partition coefficient (Wildman–Crippen LogP) is 1.25. The van der Waals surface area contributed by atoms with Crippen molar-refractivity contribution in [3.05, 3.63) is 48.5 Å². The Labute approximate surface area is 149 Å². The number of carboxylic acids is 1. The monoisotopic (exact) mass is 353 g/mol. The van der Waals surface area contributed by atoms with E-state index in [9.17, 15) is 9.90 Å². The number of para-hydroxylation sites is 1. The number of imidazole rings is 1. The average molecular weight is 353 g/mol. The zero-order valence-electron chi connectivity index (χ0n) is 14.4. The van der Waals surface area contributed by atoms with Crippen LogP contribution in [0.25, 0.3) is 5.69 Å². The van der Waals surface area contributed by atoms with E-state index < -0.39 is 11.5 Å². The van der Waals surface area contributed by atoms with Gasteiger partial charge in [-0.25, -0.2) is 9.78 Å². The van der Waals surface area contributed by atoms with Gasteiger partial charge in [0.15, 0.2) is 0 Å². The Kier molecular flexibility index (Phi) is 3.90. The molecule has 1 fully saturated rings. The number of hydrogen-bond acceptors (Lipinski definition) is 6. The number of aromatic nitrogens is 6. The minimum Gasteiger partial charge on any atom is -0.479 e. The fourth-order valence-corrected chi connectivity index (χ4v) is 3.58. The fraction of sp³-hybridized carbons (Fsp3) is 0.353. The van der Waals surface area contributed by atoms with Crippen LogP contribution in [0.3, 0.4) is 0 Å². The van der Waals surface area contributed by atoms with Crippen LogP contribution in [0, 0.1) is 6.92 Å². The Hall–Kier alpha value is -3.23. The molecular formula is C17H19N7O2. The van der Waals surface area contributed by atoms with E-state index in [-0.39, 0.29) is 0 Å². The molecule has 134 valence electrons. The molecule has 1 saturated heterocycles. The zero-order chi connectivity index (χ0) is 18.1. The average Bonchev–Trinajstić information content (AvgIpc) is 3.31. The van der Waals surface area contributed by atoms with E-state index in [0.29, 0.717) is 37.7 Å². The van der Waals surface area contributed by atoms with Gasteiger partial charge in [0.25, 0.3) is 0 Å². The van der Waals surface area contributed by atoms with Crippen LogP contribution in [-0.4, -0.2) is 53.9 Å². The van der Waals surface area contributed by atoms with Gasteiger partial charge in [0.1, 0.15) is 11.4 Å². The zero-order valence-corrected chi connectivity index (χ0v) is 14.4. The van der Waals surface area contributed by atoms with Crippen molar-refractivity contribution in [2.75, 3.05) is 18.0 Å². The summed E-state index contributed by atoms with van der Waals surface area (Å²) >= 11 is 0. The van der Waals surface area contributed by atoms with E-state index in [4.69, 9.17) is 0 Å². The molecule has 2 aromatic heterocycles. The number of carbonyl (C=O) groups is 1. The maximum absolute atomic E-state index is 12.1. The molecule has 0 atom stereocenters. The van der Waals surface area contributed by atoms with Crippen molar-refractivity contribution in [3.8, 4) is 5.69 Å². The highest BCUT2D eigenvalue weighted by Crippen LogP contribution is 2.33. The van der Waals surface area contributed by atoms with Gasteiger partial charge in [-0.3, -0.25) is 0 Å². The molecule has 0 aliphatic carbocycles. The molecule has 0 amide bonds. The van der Waals surface area contributed by atoms with Gasteiger partial charge in [-0.15, -0.1) is 0 Å². The van der Waals surface area contributed by atoms with Crippen LogP contribution in [0.4, 0.5) is 5.95 Å². The van der Waals surface area contributed by atoms with Gasteiger partial charge < -0.3 is 14.6 Å². The highest BCUT2D eigenvalue weighted by atomic mass is 16.4. The molecular weight excluding hydrogens is 334 g/mol. The van der Waals surface area contributed by atoms with Gasteiger partial charge >= 0.3 is 5.97 Å². The number of benzene rings is 1. The molecule has 26 heavy (non-hydrogen) atoms. The lowest BCUT2D eigenvalue weighted by molar-refractivity contribution is -0.149. The first-order valence-electron chi connectivity index (χ1n) is 8.44. The largest absolute Gasteiger partial charge is 0.479 e. The second-order valence-corrected chi connectivity index (χ2v) is 6.39. The summed E-state index contributed by atoms with van der Waals surface area (Å²) in [7, 11) is 0. The van der Waals surface area contributed by atoms with Crippen LogP contribution >= 0.6 is 0 Å². The highest BCUT2D eigenvalue weighted by Gasteiger charge is 2.44. The normalized spacial score (nSPS) is 16.6. The summed E-state index contributed by atoms with van der Waals surface area (Å²) in [4.78, 5) is 18.3. The van der Waals surface area contributed by atoms with Gasteiger partial charge in [0.2, 0.25) is 5.95 Å². The smallest absolute Gasteiger partial charge is 0.330 e. The SMILES string of the molecule is Cc1nccn1C1(C(=O)O)CCN(c2nnnn2-c2ccccc2)CC1. The van der Waals surface area contributed by atoms with Crippen molar-refractivity contribution in [2.45, 2.75) is 25.3 Å². The highest BCUT2D eigenvalue weighted by molar-refractivity contribution is 5.77. The van der Waals surface area contributed by atoms with Gasteiger partial charge in [-0.1, -0.05) is 23.3 Å². The molecule has 1 aromatic carbocycles. The second-order valence-electron chi connectivity index (χ2n) is 6.39. The molecule has 1 N–H and O–H groups in total. The van der Waals surface area contributed by atoms with E-state index in [0.717, 1.165) is 5.69 Å². The van der Waals surface area contributed by atoms with E-state index in [1.807, 2.05) is 42.2 Å². The first-order valence-corrected chi connectivity index (χ1v) is 8.44. The molecule has 0 radical (unpaired) electrons. The van der Waals surface area contributed by atoms with Gasteiger partial charge in [0, 0.05) is 25.5 Å². The van der Waals surface area contributed by atoms with Gasteiger partial charge in [0.05, 0.1) is 5.69 Å². The number of rotatable bonds is 4. The number of nitrogens with zero attached hydrogens (tertiary/aromatic N) is 7. The van der Waals surface area contributed by atoms with E-state index in [1.165, 1.54) is 0 Å². The quantitative estimate of drug-likeness (QED) is 0.753. The van der Waals surface area contributed by atoms with Crippen molar-refractivity contribution in [1.82, 2.24) is 29.8 Å². The number of anilines is 1. The number of hydrogen-bond donors (Lipinski definition) is 1. The number of aliphatic carboxylic acids is 1. The Morgan fingerprint density at radius 1 is 1.19 bits per heavy atom. The topological polar surface area (TPSA) is 102 Å². The molecule has 9 heteroatoms. The summed E-state index contributed by atoms with van der Waals surface area (Å²) in [6.07, 6.45) is 4.28. The van der Waals surface area contributed by atoms with Crippen LogP contribution < -0.4 is 4.90 Å². The molecule has 0 bridgehead atoms. The maximum atomic E-state index is 12.1. The van der Waals surface area contributed by atoms with Crippen molar-refractivity contribution >= 4 is 11.9 Å². The Bertz CT molecular complexity index is 910. The number of tetrazole rings is 1. The van der Waals surface area contributed by atoms with Crippen LogP contribution in [-0.2, 0) is 10.3 Å². The third-order valence-electron chi connectivity index (χ3n) is 5.01. The van der Waals surface area contributed by atoms with Gasteiger partial charge in [-0.05, 0) is 42.3 Å². The molecule has 3 aromatic rings. The summed E-state index contributed by atoms with van der Waals surface area (Å²) < 4.78 is 3.45. The molecule has 0 saturated carbocycles. The molecule has 0 spiro atoms. The molecule has 4 rings (SSSR count). The van der Waals surface area contributed by atoms with E-state index in [2.05, 4.69) is 20.5 Å². The minimum atomic E-state index is -0.984. The van der Waals surface area contributed by atoms with Crippen molar-refractivity contribution < 1.29 is 9.90 Å². The summed E-state index contributed by atoms with van der Waals surface area (Å²) in [6.45, 7) is 2.90. The fourth-order valence-electron chi connectivity index (χ4n) is 3.58. The minimum absolute atomic E-state index is 0.446. The van der Waals surface area contributed by atoms with Crippen LogP contribution in [0.5, 0.6) is 0 Å². The summed E-state index contributed by atoms with van der Waals surface area (Å²) in [5.74, 6) is 0.494. The number of piperidine rings is 1. The third kappa shape index (κ3) is 2.52. The molecule has 3 heterocycles. The van der Waals surface area contributed by atoms with E-state index >= 15 is 0 Å². The third-order valence-corrected chi connectivity index (χ3v) is 5.01. The Morgan fingerprint density at radius 3 is 2.54 bits per heavy atom. The lowest BCUT2D eigenvalue weighted by Crippen LogP contribution is -2.51. The van der Waals surface area contributed by atoms with Crippen molar-refractivity contribution in [2.24, 2.45) is 0 Å². The maximum Gasteiger partial charge on any atom is 0.330 e. The van der Waals surface area contributed by atoms with E-state index in [1.54, 1.807) is 21.6 Å². The molecule has 1 aliphatic rings. The second kappa shape index (κ2) is 6.25. The first-order chi connectivity index (χ1) is 12.6. The summed E-state index contributed by atoms with van der Waals surface area (Å²) in [5, 5.41) is 22.0. The van der Waals surface area contributed by atoms with Gasteiger partial charge in [-0.2, -0.15) is 4.68 Å². The molecule has 1 aliphatic heterocycles.